The lowest BCUT2D eigenvalue weighted by atomic mass is 9.94. The van der Waals surface area contributed by atoms with E-state index in [1.165, 1.54) is 23.5 Å². The highest BCUT2D eigenvalue weighted by atomic mass is 28.4. The molecule has 5 heterocycles. The van der Waals surface area contributed by atoms with E-state index in [1.807, 2.05) is 31.0 Å². The third-order valence-corrected chi connectivity index (χ3v) is 18.6. The van der Waals surface area contributed by atoms with Crippen LogP contribution in [0.15, 0.2) is 84.9 Å². The molecule has 14 heteroatoms. The molecule has 0 aliphatic carbocycles. The molecular weight excluding hydrogens is 836 g/mol. The average Bonchev–Trinajstić information content (AvgIpc) is 3.79. The smallest absolute Gasteiger partial charge is 0.319 e. The Morgan fingerprint density at radius 1 is 0.922 bits per heavy atom. The number of halogens is 3. The number of methoxy groups -OCH3 is 1. The Morgan fingerprint density at radius 3 is 2.34 bits per heavy atom. The highest BCUT2D eigenvalue weighted by Gasteiger charge is 2.51. The van der Waals surface area contributed by atoms with Gasteiger partial charge in [0, 0.05) is 39.3 Å². The molecule has 0 amide bonds. The lowest BCUT2D eigenvalue weighted by molar-refractivity contribution is 0.0512. The Hall–Kier alpha value is -5.28. The van der Waals surface area contributed by atoms with E-state index in [4.69, 9.17) is 38.3 Å². The zero-order chi connectivity index (χ0) is 44.8. The molecule has 3 aliphatic rings. The fourth-order valence-corrected chi connectivity index (χ4v) is 15.0. The van der Waals surface area contributed by atoms with Crippen LogP contribution in [0.1, 0.15) is 58.9 Å². The van der Waals surface area contributed by atoms with E-state index in [9.17, 15) is 4.39 Å². The Labute approximate surface area is 373 Å². The number of aromatic nitrogens is 3. The Morgan fingerprint density at radius 2 is 1.66 bits per heavy atom. The summed E-state index contributed by atoms with van der Waals surface area (Å²) in [6, 6.07) is 27.1. The van der Waals surface area contributed by atoms with Crippen LogP contribution in [0, 0.1) is 11.6 Å². The number of nitrogens with zero attached hydrogens (tertiary/aromatic N) is 5. The number of fused-ring (bicyclic) bond motifs is 2. The molecule has 9 rings (SSSR count). The monoisotopic (exact) mass is 891 g/mol. The molecule has 6 aromatic rings. The topological polar surface area (TPSA) is 91.3 Å². The summed E-state index contributed by atoms with van der Waals surface area (Å²) >= 11 is 0. The van der Waals surface area contributed by atoms with Crippen molar-refractivity contribution in [3.8, 4) is 28.9 Å². The minimum absolute atomic E-state index is 0.0357. The number of rotatable bonds is 14. The number of anilines is 1. The Bertz CT molecular complexity index is 2620. The van der Waals surface area contributed by atoms with Crippen LogP contribution in [-0.4, -0.2) is 99.8 Å². The van der Waals surface area contributed by atoms with Gasteiger partial charge in [0.15, 0.2) is 12.6 Å². The summed E-state index contributed by atoms with van der Waals surface area (Å²) in [5.74, 6) is -0.247. The summed E-state index contributed by atoms with van der Waals surface area (Å²) in [4.78, 5) is 18.7. The van der Waals surface area contributed by atoms with Crippen molar-refractivity contribution in [1.82, 2.24) is 19.9 Å². The minimum Gasteiger partial charge on any atom is -0.475 e. The van der Waals surface area contributed by atoms with Gasteiger partial charge in [-0.15, -0.1) is 0 Å². The zero-order valence-electron chi connectivity index (χ0n) is 37.4. The first-order valence-corrected chi connectivity index (χ1v) is 24.2. The Balaban J connectivity index is 1.14. The van der Waals surface area contributed by atoms with Gasteiger partial charge in [0.05, 0.1) is 11.6 Å². The first-order chi connectivity index (χ1) is 30.9. The standard InChI is InChI=1S/C50H56F3N5O5Si/c1-7-38-40(52)20-19-32-25-35(62-31-59-6)26-39(41(32)38)44-43(53)45-42-46(56-48(55-45)61-30-50-22-14-23-58(50)28-33(51)27-50)57(5)34(29-60-47(42)54-44)21-24-63-64(49(2,3)4,36-15-10-8-11-16-36)37-17-12-9-13-18-37/h8-13,15-20,25-26,33-34H,7,14,21-24,27-31H2,1-6H3/t33-,34+,50+/m1/s1. The van der Waals surface area contributed by atoms with Crippen LogP contribution in [0.2, 0.25) is 5.04 Å². The van der Waals surface area contributed by atoms with Crippen molar-refractivity contribution in [1.29, 1.82) is 0 Å². The quantitative estimate of drug-likeness (QED) is 0.0781. The summed E-state index contributed by atoms with van der Waals surface area (Å²) in [5, 5.41) is 3.56. The number of alkyl halides is 1. The molecule has 336 valence electrons. The van der Waals surface area contributed by atoms with E-state index in [0.29, 0.717) is 65.9 Å². The largest absolute Gasteiger partial charge is 0.475 e. The van der Waals surface area contributed by atoms with Gasteiger partial charge in [-0.2, -0.15) is 9.97 Å². The average molecular weight is 892 g/mol. The summed E-state index contributed by atoms with van der Waals surface area (Å²) in [6.45, 7) is 10.4. The molecule has 0 saturated carbocycles. The molecule has 0 unspecified atom stereocenters. The number of likely N-dealkylation sites (N-methyl/N-ethyl adjacent to an activating group) is 1. The van der Waals surface area contributed by atoms with Crippen molar-refractivity contribution < 1.29 is 36.5 Å². The van der Waals surface area contributed by atoms with Gasteiger partial charge in [0.25, 0.3) is 8.32 Å². The van der Waals surface area contributed by atoms with E-state index in [0.717, 1.165) is 19.4 Å². The fraction of sp³-hybridized carbons (Fsp3) is 0.420. The lowest BCUT2D eigenvalue weighted by Crippen LogP contribution is -2.66. The molecule has 2 aromatic heterocycles. The van der Waals surface area contributed by atoms with Gasteiger partial charge in [-0.3, -0.25) is 4.90 Å². The van der Waals surface area contributed by atoms with Crippen LogP contribution in [0.5, 0.6) is 17.6 Å². The molecule has 3 atom stereocenters. The Kier molecular flexibility index (Phi) is 12.1. The van der Waals surface area contributed by atoms with Crippen molar-refractivity contribution in [3.05, 3.63) is 102 Å². The molecule has 0 N–H and O–H groups in total. The lowest BCUT2D eigenvalue weighted by Gasteiger charge is -2.43. The molecule has 3 aliphatic heterocycles. The maximum atomic E-state index is 17.7. The first-order valence-electron chi connectivity index (χ1n) is 22.3. The fourth-order valence-electron chi connectivity index (χ4n) is 10.4. The molecule has 0 bridgehead atoms. The van der Waals surface area contributed by atoms with Gasteiger partial charge in [0.1, 0.15) is 53.4 Å². The number of benzene rings is 4. The predicted molar refractivity (Wildman–Crippen MR) is 246 cm³/mol. The van der Waals surface area contributed by atoms with E-state index >= 15 is 8.78 Å². The molecule has 2 saturated heterocycles. The van der Waals surface area contributed by atoms with Crippen LogP contribution in [0.3, 0.4) is 0 Å². The summed E-state index contributed by atoms with van der Waals surface area (Å²) < 4.78 is 79.6. The highest BCUT2D eigenvalue weighted by molar-refractivity contribution is 6.99. The summed E-state index contributed by atoms with van der Waals surface area (Å²) in [5.41, 5.74) is 0.0957. The second-order valence-electron chi connectivity index (χ2n) is 18.4. The minimum atomic E-state index is -2.87. The van der Waals surface area contributed by atoms with Crippen molar-refractivity contribution in [2.45, 2.75) is 82.6 Å². The van der Waals surface area contributed by atoms with Gasteiger partial charge in [-0.1, -0.05) is 94.4 Å². The number of hydrogen-bond donors (Lipinski definition) is 0. The molecule has 0 spiro atoms. The molecule has 64 heavy (non-hydrogen) atoms. The predicted octanol–water partition coefficient (Wildman–Crippen LogP) is 8.79. The van der Waals surface area contributed by atoms with Crippen LogP contribution in [-0.2, 0) is 15.6 Å². The van der Waals surface area contributed by atoms with Gasteiger partial charge < -0.3 is 28.3 Å². The molecule has 0 radical (unpaired) electrons. The molecule has 4 aromatic carbocycles. The first kappa shape index (κ1) is 43.9. The van der Waals surface area contributed by atoms with Crippen molar-refractivity contribution in [2.75, 3.05) is 58.8 Å². The molecular formula is C50H56F3N5O5Si. The third-order valence-electron chi connectivity index (χ3n) is 13.5. The van der Waals surface area contributed by atoms with E-state index < -0.39 is 31.7 Å². The van der Waals surface area contributed by atoms with Crippen molar-refractivity contribution in [2.24, 2.45) is 0 Å². The van der Waals surface area contributed by atoms with Gasteiger partial charge in [0.2, 0.25) is 5.88 Å². The van der Waals surface area contributed by atoms with Crippen LogP contribution in [0.25, 0.3) is 32.9 Å². The summed E-state index contributed by atoms with van der Waals surface area (Å²) in [7, 11) is 0.547. The number of aryl methyl sites for hydroxylation is 1. The van der Waals surface area contributed by atoms with E-state index in [2.05, 4.69) is 74.2 Å². The van der Waals surface area contributed by atoms with E-state index in [-0.39, 0.29) is 59.6 Å². The number of ether oxygens (including phenoxy) is 4. The van der Waals surface area contributed by atoms with Gasteiger partial charge in [-0.05, 0) is 82.2 Å². The van der Waals surface area contributed by atoms with Crippen molar-refractivity contribution in [3.63, 3.8) is 0 Å². The second-order valence-corrected chi connectivity index (χ2v) is 22.7. The molecule has 10 nitrogen and oxygen atoms in total. The van der Waals surface area contributed by atoms with Crippen LogP contribution in [0.4, 0.5) is 19.0 Å². The third kappa shape index (κ3) is 7.75. The van der Waals surface area contributed by atoms with Gasteiger partial charge in [-0.25, -0.2) is 18.2 Å². The summed E-state index contributed by atoms with van der Waals surface area (Å²) in [6.07, 6.45) is 2.00. The zero-order valence-corrected chi connectivity index (χ0v) is 38.4. The van der Waals surface area contributed by atoms with E-state index in [1.54, 1.807) is 18.2 Å². The second kappa shape index (κ2) is 17.6. The van der Waals surface area contributed by atoms with Crippen molar-refractivity contribution >= 4 is 46.2 Å². The van der Waals surface area contributed by atoms with Crippen LogP contribution < -0.4 is 29.5 Å². The number of hydrogen-bond acceptors (Lipinski definition) is 10. The number of pyridine rings is 1. The molecule has 2 fully saturated rings. The normalized spacial score (nSPS) is 20.1. The maximum absolute atomic E-state index is 17.7. The van der Waals surface area contributed by atoms with Crippen LogP contribution >= 0.6 is 0 Å². The highest BCUT2D eigenvalue weighted by Crippen LogP contribution is 2.45. The maximum Gasteiger partial charge on any atom is 0.319 e. The SMILES string of the molecule is CCc1c(F)ccc2cc(OCOC)cc(-c3nc4c5c(nc(OC[C@@]67CCCN6C[C@H](F)C7)nc5c3F)N(C)[C@@H](CCO[Si](c3ccccc3)(c3ccccc3)C(C)(C)C)CO4)c12. The van der Waals surface area contributed by atoms with Gasteiger partial charge >= 0.3 is 6.01 Å².